The molecule has 128 valence electrons. The fraction of sp³-hybridized carbons (Fsp3) is 0.294. The second-order valence-electron chi connectivity index (χ2n) is 5.09. The molecular formula is C17H20N2O5. The fourth-order valence-electron chi connectivity index (χ4n) is 2.15. The summed E-state index contributed by atoms with van der Waals surface area (Å²) in [6.45, 7) is 0.188. The van der Waals surface area contributed by atoms with E-state index in [1.54, 1.807) is 44.6 Å². The van der Waals surface area contributed by atoms with Crippen LogP contribution >= 0.6 is 0 Å². The Balaban J connectivity index is 1.92. The first kappa shape index (κ1) is 17.4. The zero-order chi connectivity index (χ0) is 17.5. The molecule has 1 aromatic carbocycles. The monoisotopic (exact) mass is 332 g/mol. The van der Waals surface area contributed by atoms with Crippen LogP contribution in [-0.2, 0) is 11.3 Å². The quantitative estimate of drug-likeness (QED) is 0.834. The average Bonchev–Trinajstić information content (AvgIpc) is 3.13. The zero-order valence-electron chi connectivity index (χ0n) is 13.9. The van der Waals surface area contributed by atoms with Crippen molar-refractivity contribution in [3.63, 3.8) is 0 Å². The van der Waals surface area contributed by atoms with E-state index in [2.05, 4.69) is 5.32 Å². The number of nitrogens with zero attached hydrogens (tertiary/aromatic N) is 1. The molecule has 0 aliphatic rings. The van der Waals surface area contributed by atoms with Gasteiger partial charge in [-0.15, -0.1) is 0 Å². The standard InChI is InChI=1S/C17H20N2O5/c1-19(17(21)15-5-4-8-24-15)11-16(20)18-10-12-9-13(22-2)6-7-14(12)23-3/h4-9H,10-11H2,1-3H3,(H,18,20). The van der Waals surface area contributed by atoms with Crippen LogP contribution in [0.4, 0.5) is 0 Å². The van der Waals surface area contributed by atoms with Crippen LogP contribution in [0.1, 0.15) is 16.1 Å². The molecule has 0 spiro atoms. The van der Waals surface area contributed by atoms with E-state index in [4.69, 9.17) is 13.9 Å². The Morgan fingerprint density at radius 2 is 2.00 bits per heavy atom. The predicted molar refractivity (Wildman–Crippen MR) is 87.1 cm³/mol. The molecule has 1 heterocycles. The Kier molecular flexibility index (Phi) is 5.83. The van der Waals surface area contributed by atoms with Crippen molar-refractivity contribution in [2.45, 2.75) is 6.54 Å². The smallest absolute Gasteiger partial charge is 0.289 e. The maximum Gasteiger partial charge on any atom is 0.289 e. The van der Waals surface area contributed by atoms with Crippen LogP contribution in [0.3, 0.4) is 0 Å². The van der Waals surface area contributed by atoms with Crippen molar-refractivity contribution in [2.75, 3.05) is 27.8 Å². The fourth-order valence-corrected chi connectivity index (χ4v) is 2.15. The van der Waals surface area contributed by atoms with Gasteiger partial charge in [0, 0.05) is 19.2 Å². The molecule has 1 aromatic heterocycles. The number of likely N-dealkylation sites (N-methyl/N-ethyl adjacent to an activating group) is 1. The lowest BCUT2D eigenvalue weighted by Crippen LogP contribution is -2.38. The minimum absolute atomic E-state index is 0.0776. The molecule has 2 aromatic rings. The summed E-state index contributed by atoms with van der Waals surface area (Å²) in [5.74, 6) is 0.873. The summed E-state index contributed by atoms with van der Waals surface area (Å²) in [6, 6.07) is 8.51. The number of carbonyl (C=O) groups is 2. The highest BCUT2D eigenvalue weighted by atomic mass is 16.5. The summed E-state index contributed by atoms with van der Waals surface area (Å²) in [7, 11) is 4.67. The number of hydrogen-bond acceptors (Lipinski definition) is 5. The van der Waals surface area contributed by atoms with Gasteiger partial charge < -0.3 is 24.1 Å². The second-order valence-corrected chi connectivity index (χ2v) is 5.09. The Morgan fingerprint density at radius 3 is 2.62 bits per heavy atom. The van der Waals surface area contributed by atoms with Gasteiger partial charge in [-0.05, 0) is 30.3 Å². The molecule has 0 saturated carbocycles. The van der Waals surface area contributed by atoms with Crippen molar-refractivity contribution in [1.82, 2.24) is 10.2 Å². The summed E-state index contributed by atoms with van der Waals surface area (Å²) in [6.07, 6.45) is 1.41. The maximum absolute atomic E-state index is 12.0. The number of ether oxygens (including phenoxy) is 2. The average molecular weight is 332 g/mol. The van der Waals surface area contributed by atoms with E-state index in [0.29, 0.717) is 11.5 Å². The molecule has 0 atom stereocenters. The minimum atomic E-state index is -0.353. The Morgan fingerprint density at radius 1 is 1.21 bits per heavy atom. The SMILES string of the molecule is COc1ccc(OC)c(CNC(=O)CN(C)C(=O)c2ccco2)c1. The molecule has 24 heavy (non-hydrogen) atoms. The molecule has 7 nitrogen and oxygen atoms in total. The van der Waals surface area contributed by atoms with Gasteiger partial charge in [-0.2, -0.15) is 0 Å². The molecular weight excluding hydrogens is 312 g/mol. The number of methoxy groups -OCH3 is 2. The summed E-state index contributed by atoms with van der Waals surface area (Å²) in [4.78, 5) is 25.4. The van der Waals surface area contributed by atoms with Gasteiger partial charge >= 0.3 is 0 Å². The van der Waals surface area contributed by atoms with E-state index in [-0.39, 0.29) is 30.7 Å². The van der Waals surface area contributed by atoms with E-state index in [1.807, 2.05) is 0 Å². The highest BCUT2D eigenvalue weighted by Gasteiger charge is 2.17. The number of furan rings is 1. The molecule has 0 radical (unpaired) electrons. The van der Waals surface area contributed by atoms with Crippen molar-refractivity contribution in [1.29, 1.82) is 0 Å². The maximum atomic E-state index is 12.0. The molecule has 0 aliphatic carbocycles. The summed E-state index contributed by atoms with van der Waals surface area (Å²) >= 11 is 0. The van der Waals surface area contributed by atoms with E-state index in [9.17, 15) is 9.59 Å². The highest BCUT2D eigenvalue weighted by molar-refractivity contribution is 5.94. The van der Waals surface area contributed by atoms with Crippen LogP contribution in [0.5, 0.6) is 11.5 Å². The van der Waals surface area contributed by atoms with Crippen LogP contribution in [0.2, 0.25) is 0 Å². The third-order valence-corrected chi connectivity index (χ3v) is 3.42. The van der Waals surface area contributed by atoms with E-state index in [1.165, 1.54) is 18.2 Å². The van der Waals surface area contributed by atoms with Crippen LogP contribution in [0.25, 0.3) is 0 Å². The van der Waals surface area contributed by atoms with Crippen LogP contribution in [0.15, 0.2) is 41.0 Å². The number of benzene rings is 1. The van der Waals surface area contributed by atoms with Crippen molar-refractivity contribution in [3.8, 4) is 11.5 Å². The lowest BCUT2D eigenvalue weighted by atomic mass is 10.2. The first-order chi connectivity index (χ1) is 11.5. The summed E-state index contributed by atoms with van der Waals surface area (Å²) in [5.41, 5.74) is 0.783. The minimum Gasteiger partial charge on any atom is -0.497 e. The van der Waals surface area contributed by atoms with E-state index >= 15 is 0 Å². The van der Waals surface area contributed by atoms with Crippen molar-refractivity contribution in [3.05, 3.63) is 47.9 Å². The lowest BCUT2D eigenvalue weighted by molar-refractivity contribution is -0.121. The summed E-state index contributed by atoms with van der Waals surface area (Å²) < 4.78 is 15.5. The largest absolute Gasteiger partial charge is 0.497 e. The molecule has 1 N–H and O–H groups in total. The van der Waals surface area contributed by atoms with Crippen molar-refractivity contribution < 1.29 is 23.5 Å². The van der Waals surface area contributed by atoms with Crippen LogP contribution < -0.4 is 14.8 Å². The first-order valence-electron chi connectivity index (χ1n) is 7.31. The Labute approximate surface area is 140 Å². The molecule has 0 saturated heterocycles. The van der Waals surface area contributed by atoms with Crippen LogP contribution in [0, 0.1) is 0 Å². The van der Waals surface area contributed by atoms with Gasteiger partial charge in [-0.3, -0.25) is 9.59 Å². The molecule has 7 heteroatoms. The topological polar surface area (TPSA) is 81.0 Å². The third kappa shape index (κ3) is 4.28. The Bertz CT molecular complexity index is 697. The Hall–Kier alpha value is -2.96. The van der Waals surface area contributed by atoms with Gasteiger partial charge in [0.25, 0.3) is 5.91 Å². The molecule has 2 rings (SSSR count). The number of hydrogen-bond donors (Lipinski definition) is 1. The van der Waals surface area contributed by atoms with Gasteiger partial charge in [0.2, 0.25) is 5.91 Å². The van der Waals surface area contributed by atoms with Gasteiger partial charge in [0.15, 0.2) is 5.76 Å². The van der Waals surface area contributed by atoms with Gasteiger partial charge in [-0.25, -0.2) is 0 Å². The van der Waals surface area contributed by atoms with Gasteiger partial charge in [-0.1, -0.05) is 0 Å². The normalized spacial score (nSPS) is 10.1. The zero-order valence-corrected chi connectivity index (χ0v) is 13.9. The van der Waals surface area contributed by atoms with E-state index < -0.39 is 0 Å². The lowest BCUT2D eigenvalue weighted by Gasteiger charge is -2.16. The van der Waals surface area contributed by atoms with E-state index in [0.717, 1.165) is 5.56 Å². The van der Waals surface area contributed by atoms with Crippen molar-refractivity contribution >= 4 is 11.8 Å². The first-order valence-corrected chi connectivity index (χ1v) is 7.31. The molecule has 0 bridgehead atoms. The number of nitrogens with one attached hydrogen (secondary N) is 1. The third-order valence-electron chi connectivity index (χ3n) is 3.42. The second kappa shape index (κ2) is 8.05. The molecule has 0 aliphatic heterocycles. The van der Waals surface area contributed by atoms with Gasteiger partial charge in [0.1, 0.15) is 11.5 Å². The predicted octanol–water partition coefficient (Wildman–Crippen LogP) is 1.69. The molecule has 0 unspecified atom stereocenters. The number of amides is 2. The van der Waals surface area contributed by atoms with Crippen molar-refractivity contribution in [2.24, 2.45) is 0 Å². The molecule has 0 fully saturated rings. The number of carbonyl (C=O) groups excluding carboxylic acids is 2. The number of rotatable bonds is 7. The summed E-state index contributed by atoms with van der Waals surface area (Å²) in [5, 5.41) is 2.76. The molecule has 2 amide bonds. The van der Waals surface area contributed by atoms with Gasteiger partial charge in [0.05, 0.1) is 27.0 Å². The highest BCUT2D eigenvalue weighted by Crippen LogP contribution is 2.23. The van der Waals surface area contributed by atoms with Crippen LogP contribution in [-0.4, -0.2) is 44.5 Å².